The molecule has 0 spiro atoms. The summed E-state index contributed by atoms with van der Waals surface area (Å²) in [6.45, 7) is 1.04. The van der Waals surface area contributed by atoms with E-state index in [1.54, 1.807) is 10.9 Å². The van der Waals surface area contributed by atoms with Crippen LogP contribution in [0.4, 0.5) is 17.1 Å². The number of nitrogens with two attached hydrogens (primary N) is 1. The van der Waals surface area contributed by atoms with Gasteiger partial charge in [-0.3, -0.25) is 9.48 Å². The topological polar surface area (TPSA) is 94.2 Å². The lowest BCUT2D eigenvalue weighted by Gasteiger charge is -2.31. The van der Waals surface area contributed by atoms with Gasteiger partial charge in [-0.1, -0.05) is 6.07 Å². The lowest BCUT2D eigenvalue weighted by atomic mass is 9.90. The highest BCUT2D eigenvalue weighted by Crippen LogP contribution is 2.23. The number of nitrogens with one attached hydrogen (secondary N) is 2. The first-order valence-electron chi connectivity index (χ1n) is 7.59. The summed E-state index contributed by atoms with van der Waals surface area (Å²) < 4.78 is 6.99. The van der Waals surface area contributed by atoms with Crippen LogP contribution in [-0.2, 0) is 16.6 Å². The molecule has 0 aliphatic carbocycles. The highest BCUT2D eigenvalue weighted by atomic mass is 35.5. The molecule has 130 valence electrons. The fourth-order valence-electron chi connectivity index (χ4n) is 2.55. The number of ether oxygens (including phenoxy) is 1. The third kappa shape index (κ3) is 4.25. The summed E-state index contributed by atoms with van der Waals surface area (Å²) in [5.74, 6) is -0.167. The van der Waals surface area contributed by atoms with Gasteiger partial charge in [-0.15, -0.1) is 12.4 Å². The molecule has 4 N–H and O–H groups in total. The van der Waals surface area contributed by atoms with Crippen molar-refractivity contribution in [1.29, 1.82) is 0 Å². The number of hydrogen-bond acceptors (Lipinski definition) is 5. The molecule has 8 heteroatoms. The molecule has 1 fully saturated rings. The van der Waals surface area contributed by atoms with Gasteiger partial charge in [-0.25, -0.2) is 0 Å². The van der Waals surface area contributed by atoms with Gasteiger partial charge in [0, 0.05) is 37.8 Å². The summed E-state index contributed by atoms with van der Waals surface area (Å²) in [7, 11) is 1.86. The van der Waals surface area contributed by atoms with Crippen LogP contribution in [0.2, 0.25) is 0 Å². The van der Waals surface area contributed by atoms with Crippen molar-refractivity contribution in [2.45, 2.75) is 18.4 Å². The molecule has 1 aliphatic heterocycles. The zero-order valence-corrected chi connectivity index (χ0v) is 14.3. The first-order chi connectivity index (χ1) is 11.0. The highest BCUT2D eigenvalue weighted by molar-refractivity contribution is 5.98. The fraction of sp³-hybridized carbons (Fsp3) is 0.375. The predicted octanol–water partition coefficient (Wildman–Crippen LogP) is 2.03. The fourth-order valence-corrected chi connectivity index (χ4v) is 2.55. The van der Waals surface area contributed by atoms with Gasteiger partial charge >= 0.3 is 0 Å². The number of aromatic nitrogens is 2. The van der Waals surface area contributed by atoms with Crippen molar-refractivity contribution >= 4 is 35.4 Å². The lowest BCUT2D eigenvalue weighted by Crippen LogP contribution is -2.54. The number of anilines is 3. The Balaban J connectivity index is 0.00000208. The molecule has 1 aromatic carbocycles. The molecule has 24 heavy (non-hydrogen) atoms. The summed E-state index contributed by atoms with van der Waals surface area (Å²) in [4.78, 5) is 12.4. The Bertz CT molecular complexity index is 697. The molecular weight excluding hydrogens is 330 g/mol. The SMILES string of the molecule is Cl.Cn1cc(Nc2cccc(NC(=O)C3(N)CCOCC3)c2)cn1. The van der Waals surface area contributed by atoms with Crippen LogP contribution in [-0.4, -0.2) is 34.4 Å². The van der Waals surface area contributed by atoms with Crippen molar-refractivity contribution in [1.82, 2.24) is 9.78 Å². The molecule has 0 bridgehead atoms. The van der Waals surface area contributed by atoms with E-state index in [2.05, 4.69) is 15.7 Å². The maximum Gasteiger partial charge on any atom is 0.244 e. The molecule has 7 nitrogen and oxygen atoms in total. The van der Waals surface area contributed by atoms with Crippen LogP contribution in [0, 0.1) is 0 Å². The zero-order chi connectivity index (χ0) is 16.3. The molecule has 2 aromatic rings. The molecule has 0 atom stereocenters. The predicted molar refractivity (Wildman–Crippen MR) is 95.8 cm³/mol. The Morgan fingerprint density at radius 2 is 2.00 bits per heavy atom. The van der Waals surface area contributed by atoms with Crippen molar-refractivity contribution in [3.05, 3.63) is 36.7 Å². The third-order valence-corrected chi connectivity index (χ3v) is 3.95. The molecular formula is C16H22ClN5O2. The molecule has 0 unspecified atom stereocenters. The van der Waals surface area contributed by atoms with Crippen molar-refractivity contribution in [2.75, 3.05) is 23.8 Å². The van der Waals surface area contributed by atoms with E-state index < -0.39 is 5.54 Å². The smallest absolute Gasteiger partial charge is 0.244 e. The van der Waals surface area contributed by atoms with E-state index in [4.69, 9.17) is 10.5 Å². The molecule has 1 aromatic heterocycles. The second kappa shape index (κ2) is 7.65. The van der Waals surface area contributed by atoms with Crippen LogP contribution >= 0.6 is 12.4 Å². The summed E-state index contributed by atoms with van der Waals surface area (Å²) >= 11 is 0. The van der Waals surface area contributed by atoms with Crippen molar-refractivity contribution < 1.29 is 9.53 Å². The van der Waals surface area contributed by atoms with Gasteiger partial charge in [0.15, 0.2) is 0 Å². The highest BCUT2D eigenvalue weighted by Gasteiger charge is 2.35. The molecule has 0 radical (unpaired) electrons. The number of aryl methyl sites for hydroxylation is 1. The van der Waals surface area contributed by atoms with E-state index in [-0.39, 0.29) is 18.3 Å². The Kier molecular flexibility index (Phi) is 5.82. The standard InChI is InChI=1S/C16H21N5O2.ClH/c1-21-11-14(10-18-21)19-12-3-2-4-13(9-12)20-15(22)16(17)5-7-23-8-6-16;/h2-4,9-11,19H,5-8,17H2,1H3,(H,20,22);1H. The number of nitrogens with zero attached hydrogens (tertiary/aromatic N) is 2. The zero-order valence-electron chi connectivity index (χ0n) is 13.5. The summed E-state index contributed by atoms with van der Waals surface area (Å²) in [6.07, 6.45) is 4.68. The van der Waals surface area contributed by atoms with Crippen molar-refractivity contribution in [3.63, 3.8) is 0 Å². The summed E-state index contributed by atoms with van der Waals surface area (Å²) in [5, 5.41) is 10.3. The van der Waals surface area contributed by atoms with Crippen LogP contribution in [0.3, 0.4) is 0 Å². The average Bonchev–Trinajstić information content (AvgIpc) is 2.93. The van der Waals surface area contributed by atoms with Crippen LogP contribution in [0.25, 0.3) is 0 Å². The average molecular weight is 352 g/mol. The first-order valence-corrected chi connectivity index (χ1v) is 7.59. The number of hydrogen-bond donors (Lipinski definition) is 3. The first kappa shape index (κ1) is 18.3. The number of benzene rings is 1. The number of carbonyl (C=O) groups excluding carboxylic acids is 1. The van der Waals surface area contributed by atoms with E-state index in [9.17, 15) is 4.79 Å². The molecule has 1 amide bonds. The molecule has 1 saturated heterocycles. The van der Waals surface area contributed by atoms with E-state index in [1.165, 1.54) is 0 Å². The minimum atomic E-state index is -0.856. The van der Waals surface area contributed by atoms with Crippen LogP contribution in [0.15, 0.2) is 36.7 Å². The lowest BCUT2D eigenvalue weighted by molar-refractivity contribution is -0.124. The van der Waals surface area contributed by atoms with E-state index in [1.807, 2.05) is 37.5 Å². The van der Waals surface area contributed by atoms with Gasteiger partial charge in [0.1, 0.15) is 5.54 Å². The van der Waals surface area contributed by atoms with Gasteiger partial charge in [-0.05, 0) is 31.0 Å². The van der Waals surface area contributed by atoms with Crippen LogP contribution in [0.1, 0.15) is 12.8 Å². The van der Waals surface area contributed by atoms with Gasteiger partial charge in [0.2, 0.25) is 5.91 Å². The van der Waals surface area contributed by atoms with Crippen molar-refractivity contribution in [3.8, 4) is 0 Å². The number of carbonyl (C=O) groups is 1. The normalized spacial score (nSPS) is 16.1. The van der Waals surface area contributed by atoms with E-state index in [0.29, 0.717) is 31.7 Å². The Morgan fingerprint density at radius 1 is 1.29 bits per heavy atom. The number of amides is 1. The molecule has 1 aliphatic rings. The van der Waals surface area contributed by atoms with Crippen molar-refractivity contribution in [2.24, 2.45) is 12.8 Å². The Hall–Kier alpha value is -2.09. The van der Waals surface area contributed by atoms with Gasteiger partial charge in [-0.2, -0.15) is 5.10 Å². The van der Waals surface area contributed by atoms with Gasteiger partial charge in [0.25, 0.3) is 0 Å². The molecule has 3 rings (SSSR count). The van der Waals surface area contributed by atoms with E-state index in [0.717, 1.165) is 11.4 Å². The largest absolute Gasteiger partial charge is 0.381 e. The number of rotatable bonds is 4. The minimum absolute atomic E-state index is 0. The second-order valence-corrected chi connectivity index (χ2v) is 5.83. The third-order valence-electron chi connectivity index (χ3n) is 3.95. The minimum Gasteiger partial charge on any atom is -0.381 e. The second-order valence-electron chi connectivity index (χ2n) is 5.83. The monoisotopic (exact) mass is 351 g/mol. The molecule has 2 heterocycles. The van der Waals surface area contributed by atoms with E-state index >= 15 is 0 Å². The van der Waals surface area contributed by atoms with Crippen LogP contribution < -0.4 is 16.4 Å². The molecule has 0 saturated carbocycles. The Morgan fingerprint density at radius 3 is 2.67 bits per heavy atom. The summed E-state index contributed by atoms with van der Waals surface area (Å²) in [6, 6.07) is 7.51. The maximum atomic E-state index is 12.4. The van der Waals surface area contributed by atoms with Crippen LogP contribution in [0.5, 0.6) is 0 Å². The maximum absolute atomic E-state index is 12.4. The van der Waals surface area contributed by atoms with Gasteiger partial charge in [0.05, 0.1) is 11.9 Å². The Labute approximate surface area is 147 Å². The van der Waals surface area contributed by atoms with Gasteiger partial charge < -0.3 is 21.1 Å². The quantitative estimate of drug-likeness (QED) is 0.783. The summed E-state index contributed by atoms with van der Waals surface area (Å²) in [5.41, 5.74) is 7.80. The number of halogens is 1.